The second-order valence-electron chi connectivity index (χ2n) is 10.9. The largest absolute Gasteiger partial charge is 0.462 e. The van der Waals surface area contributed by atoms with Crippen LogP contribution in [0.5, 0.6) is 6.01 Å². The number of likely N-dealkylation sites (N-methyl/N-ethyl adjacent to an activating group) is 2. The number of carbonyl (C=O) groups is 1. The van der Waals surface area contributed by atoms with Gasteiger partial charge < -0.3 is 25.3 Å². The summed E-state index contributed by atoms with van der Waals surface area (Å²) < 4.78 is 45.2. The zero-order chi connectivity index (χ0) is 30.8. The summed E-state index contributed by atoms with van der Waals surface area (Å²) in [4.78, 5) is 28.3. The number of nitrogens with one attached hydrogen (secondary N) is 1. The number of hydrogen-bond donors (Lipinski definition) is 2. The molecule has 9 nitrogen and oxygen atoms in total. The molecule has 2 aromatic heterocycles. The molecule has 0 aliphatic carbocycles. The van der Waals surface area contributed by atoms with Crippen LogP contribution in [-0.4, -0.2) is 82.5 Å². The number of aromatic nitrogens is 3. The lowest BCUT2D eigenvalue weighted by Gasteiger charge is -2.32. The van der Waals surface area contributed by atoms with Crippen molar-refractivity contribution in [1.82, 2.24) is 24.8 Å². The molecule has 1 saturated heterocycles. The Labute approximate surface area is 257 Å². The molecule has 2 aliphatic heterocycles. The van der Waals surface area contributed by atoms with Gasteiger partial charge in [0.15, 0.2) is 5.83 Å². The van der Waals surface area contributed by atoms with Crippen LogP contribution in [0.15, 0.2) is 30.7 Å². The Balaban J connectivity index is 0.000000399. The van der Waals surface area contributed by atoms with Crippen LogP contribution in [0.4, 0.5) is 24.7 Å². The number of nitrogens with two attached hydrogens (primary N) is 1. The van der Waals surface area contributed by atoms with Crippen molar-refractivity contribution < 1.29 is 22.7 Å². The average Bonchev–Trinajstić information content (AvgIpc) is 3.50. The first-order valence-electron chi connectivity index (χ1n) is 14.2. The molecule has 0 bridgehead atoms. The molecule has 1 aromatic carbocycles. The van der Waals surface area contributed by atoms with Gasteiger partial charge >= 0.3 is 6.01 Å². The van der Waals surface area contributed by atoms with Gasteiger partial charge in [-0.15, -0.1) is 0 Å². The lowest BCUT2D eigenvalue weighted by Crippen LogP contribution is -2.33. The third-order valence-electron chi connectivity index (χ3n) is 8.06. The number of aryl methyl sites for hydroxylation is 1. The molecule has 5 rings (SSSR count). The van der Waals surface area contributed by atoms with Crippen LogP contribution in [0.2, 0.25) is 0 Å². The third kappa shape index (κ3) is 7.56. The standard InChI is InChI=1S/C23H28F2N6O.C7H12FNO.H2S/c1-13-8-18-16(4-6-27-18)20(14(13)2)31-7-5-17-19(10-31)28-22(29-21(17)26)32-11-15-9-23(24,25)12-30(15)3;1-4-9(5-2)7(10)6(3)8;/h4,6,8,15,27H,5,7,9-12H2,1-3H3,(H2,26,28,29);3-5H2,1-2H3;1H2/t15-;;/m0../s1. The monoisotopic (exact) mass is 621 g/mol. The van der Waals surface area contributed by atoms with Crippen LogP contribution in [0.3, 0.4) is 0 Å². The predicted molar refractivity (Wildman–Crippen MR) is 169 cm³/mol. The SMILES string of the molecule is C=C(F)C(=O)N(CC)CC.Cc1cc2[nH]ccc2c(N2CCc3c(N)nc(OC[C@@H]4CC(F)(F)CN4C)nc3C2)c1C.S. The summed E-state index contributed by atoms with van der Waals surface area (Å²) >= 11 is 0. The lowest BCUT2D eigenvalue weighted by molar-refractivity contribution is -0.128. The van der Waals surface area contributed by atoms with E-state index in [4.69, 9.17) is 10.5 Å². The minimum absolute atomic E-state index is 0. The van der Waals surface area contributed by atoms with E-state index in [2.05, 4.69) is 52.4 Å². The Bertz CT molecular complexity index is 1460. The third-order valence-corrected chi connectivity index (χ3v) is 8.06. The summed E-state index contributed by atoms with van der Waals surface area (Å²) in [6.07, 6.45) is 2.47. The van der Waals surface area contributed by atoms with Gasteiger partial charge in [-0.3, -0.25) is 9.69 Å². The van der Waals surface area contributed by atoms with Gasteiger partial charge in [0.2, 0.25) is 0 Å². The number of hydrogen-bond acceptors (Lipinski definition) is 7. The first kappa shape index (κ1) is 34.0. The number of aromatic amines is 1. The van der Waals surface area contributed by atoms with Crippen molar-refractivity contribution in [3.8, 4) is 6.01 Å². The van der Waals surface area contributed by atoms with Gasteiger partial charge in [-0.2, -0.15) is 23.5 Å². The molecule has 2 aliphatic rings. The maximum atomic E-state index is 13.7. The van der Waals surface area contributed by atoms with E-state index in [1.165, 1.54) is 27.1 Å². The highest BCUT2D eigenvalue weighted by atomic mass is 32.1. The van der Waals surface area contributed by atoms with Gasteiger partial charge in [0.1, 0.15) is 12.4 Å². The number of benzene rings is 1. The molecule has 236 valence electrons. The Kier molecular flexibility index (Phi) is 11.0. The van der Waals surface area contributed by atoms with Crippen molar-refractivity contribution in [3.63, 3.8) is 0 Å². The Hall–Kier alpha value is -3.45. The molecule has 1 atom stereocenters. The molecule has 3 aromatic rings. The molecule has 43 heavy (non-hydrogen) atoms. The van der Waals surface area contributed by atoms with Crippen LogP contribution in [-0.2, 0) is 17.8 Å². The number of likely N-dealkylation sites (tertiary alicyclic amines) is 1. The van der Waals surface area contributed by atoms with Crippen molar-refractivity contribution in [3.05, 3.63) is 53.1 Å². The van der Waals surface area contributed by atoms with Gasteiger partial charge in [0.05, 0.1) is 18.8 Å². The first-order valence-corrected chi connectivity index (χ1v) is 14.2. The second-order valence-corrected chi connectivity index (χ2v) is 10.9. The average molecular weight is 622 g/mol. The fourth-order valence-electron chi connectivity index (χ4n) is 5.62. The fraction of sp³-hybridized carbons (Fsp3) is 0.500. The highest BCUT2D eigenvalue weighted by molar-refractivity contribution is 7.59. The van der Waals surface area contributed by atoms with Crippen molar-refractivity contribution in [1.29, 1.82) is 0 Å². The highest BCUT2D eigenvalue weighted by Gasteiger charge is 2.43. The summed E-state index contributed by atoms with van der Waals surface area (Å²) in [5, 5.41) is 1.18. The van der Waals surface area contributed by atoms with E-state index in [1.807, 2.05) is 6.20 Å². The van der Waals surface area contributed by atoms with Gasteiger partial charge in [0.25, 0.3) is 11.8 Å². The van der Waals surface area contributed by atoms with Crippen molar-refractivity contribution in [2.24, 2.45) is 0 Å². The molecule has 3 N–H and O–H groups in total. The summed E-state index contributed by atoms with van der Waals surface area (Å²) in [6.45, 7) is 13.1. The maximum Gasteiger partial charge on any atom is 0.318 e. The summed E-state index contributed by atoms with van der Waals surface area (Å²) in [7, 11) is 1.68. The molecule has 0 unspecified atom stereocenters. The topological polar surface area (TPSA) is 104 Å². The Morgan fingerprint density at radius 2 is 1.98 bits per heavy atom. The number of rotatable bonds is 7. The molecule has 1 fully saturated rings. The smallest absolute Gasteiger partial charge is 0.318 e. The molecule has 13 heteroatoms. The Morgan fingerprint density at radius 1 is 1.28 bits per heavy atom. The molecule has 0 radical (unpaired) electrons. The van der Waals surface area contributed by atoms with Crippen LogP contribution in [0, 0.1) is 13.8 Å². The minimum atomic E-state index is -2.69. The van der Waals surface area contributed by atoms with E-state index in [0.717, 1.165) is 29.7 Å². The molecular weight excluding hydrogens is 579 g/mol. The van der Waals surface area contributed by atoms with Gasteiger partial charge in [-0.05, 0) is 64.4 Å². The van der Waals surface area contributed by atoms with Gasteiger partial charge in [0, 0.05) is 60.4 Å². The number of amides is 1. The number of fused-ring (bicyclic) bond motifs is 2. The summed E-state index contributed by atoms with van der Waals surface area (Å²) in [5.74, 6) is -3.77. The fourth-order valence-corrected chi connectivity index (χ4v) is 5.62. The number of halogens is 3. The van der Waals surface area contributed by atoms with Crippen LogP contribution in [0.25, 0.3) is 10.9 Å². The normalized spacial score (nSPS) is 17.5. The van der Waals surface area contributed by atoms with E-state index in [-0.39, 0.29) is 45.1 Å². The first-order chi connectivity index (χ1) is 19.8. The minimum Gasteiger partial charge on any atom is -0.462 e. The molecule has 4 heterocycles. The van der Waals surface area contributed by atoms with E-state index in [9.17, 15) is 18.0 Å². The predicted octanol–water partition coefficient (Wildman–Crippen LogP) is 4.89. The van der Waals surface area contributed by atoms with E-state index < -0.39 is 17.7 Å². The van der Waals surface area contributed by atoms with Crippen molar-refractivity contribution in [2.45, 2.75) is 59.0 Å². The van der Waals surface area contributed by atoms with Gasteiger partial charge in [-0.25, -0.2) is 13.2 Å². The summed E-state index contributed by atoms with van der Waals surface area (Å²) in [6, 6.07) is 4.05. The van der Waals surface area contributed by atoms with Crippen LogP contribution >= 0.6 is 13.5 Å². The highest BCUT2D eigenvalue weighted by Crippen LogP contribution is 2.36. The number of alkyl halides is 2. The number of anilines is 2. The molecule has 1 amide bonds. The second kappa shape index (κ2) is 13.9. The molecule has 0 saturated carbocycles. The quantitative estimate of drug-likeness (QED) is 0.362. The van der Waals surface area contributed by atoms with Crippen LogP contribution in [0.1, 0.15) is 42.7 Å². The zero-order valence-electron chi connectivity index (χ0n) is 25.4. The van der Waals surface area contributed by atoms with E-state index in [0.29, 0.717) is 25.5 Å². The van der Waals surface area contributed by atoms with E-state index in [1.54, 1.807) is 25.8 Å². The van der Waals surface area contributed by atoms with E-state index >= 15 is 0 Å². The number of carbonyl (C=O) groups excluding carboxylic acids is 1. The number of nitrogen functional groups attached to an aromatic ring is 1. The van der Waals surface area contributed by atoms with Crippen LogP contribution < -0.4 is 15.4 Å². The molecule has 0 spiro atoms. The number of ether oxygens (including phenoxy) is 1. The number of nitrogens with zero attached hydrogens (tertiary/aromatic N) is 5. The molecular formula is C30H42F3N7O2S. The lowest BCUT2D eigenvalue weighted by atomic mass is 9.99. The maximum absolute atomic E-state index is 13.7. The summed E-state index contributed by atoms with van der Waals surface area (Å²) in [5.41, 5.74) is 12.8. The Morgan fingerprint density at radius 3 is 2.56 bits per heavy atom. The van der Waals surface area contributed by atoms with Crippen molar-refractivity contribution >= 4 is 41.8 Å². The number of H-pyrrole nitrogens is 1. The van der Waals surface area contributed by atoms with Crippen molar-refractivity contribution in [2.75, 3.05) is 50.5 Å². The zero-order valence-corrected chi connectivity index (χ0v) is 26.4. The van der Waals surface area contributed by atoms with Gasteiger partial charge in [-0.1, -0.05) is 6.58 Å².